The highest BCUT2D eigenvalue weighted by molar-refractivity contribution is 5.98. The summed E-state index contributed by atoms with van der Waals surface area (Å²) in [6, 6.07) is 6.79. The molecule has 0 spiro atoms. The van der Waals surface area contributed by atoms with Crippen LogP contribution in [-0.2, 0) is 9.59 Å². The average molecular weight is 260 g/mol. The Balaban J connectivity index is 2.04. The van der Waals surface area contributed by atoms with E-state index in [0.29, 0.717) is 24.2 Å². The predicted molar refractivity (Wildman–Crippen MR) is 70.8 cm³/mol. The Bertz CT molecular complexity index is 525. The van der Waals surface area contributed by atoms with E-state index in [1.54, 1.807) is 24.3 Å². The lowest BCUT2D eigenvalue weighted by atomic mass is 9.96. The van der Waals surface area contributed by atoms with Gasteiger partial charge >= 0.3 is 0 Å². The third kappa shape index (κ3) is 3.40. The Kier molecular flexibility index (Phi) is 3.94. The molecule has 1 heterocycles. The molecule has 2 amide bonds. The van der Waals surface area contributed by atoms with Gasteiger partial charge in [-0.2, -0.15) is 0 Å². The molecule has 1 saturated heterocycles. The van der Waals surface area contributed by atoms with E-state index in [4.69, 9.17) is 0 Å². The molecule has 0 saturated carbocycles. The Morgan fingerprint density at radius 3 is 2.84 bits per heavy atom. The smallest absolute Gasteiger partial charge is 0.228 e. The monoisotopic (exact) mass is 260 g/mol. The highest BCUT2D eigenvalue weighted by Gasteiger charge is 2.25. The van der Waals surface area contributed by atoms with E-state index >= 15 is 0 Å². The maximum absolute atomic E-state index is 12.0. The van der Waals surface area contributed by atoms with Gasteiger partial charge in [-0.15, -0.1) is 0 Å². The van der Waals surface area contributed by atoms with Crippen LogP contribution in [0, 0.1) is 5.92 Å². The molecule has 1 fully saturated rings. The lowest BCUT2D eigenvalue weighted by molar-refractivity contribution is -0.129. The third-order valence-corrected chi connectivity index (χ3v) is 3.15. The van der Waals surface area contributed by atoms with E-state index in [-0.39, 0.29) is 29.9 Å². The first-order chi connectivity index (χ1) is 9.06. The van der Waals surface area contributed by atoms with Gasteiger partial charge in [0.25, 0.3) is 0 Å². The molecule has 0 bridgehead atoms. The molecule has 2 N–H and O–H groups in total. The number of Topliss-reactive ketones (excluding diaryl/α,β-unsaturated/α-hetero) is 1. The summed E-state index contributed by atoms with van der Waals surface area (Å²) in [7, 11) is 0. The summed E-state index contributed by atoms with van der Waals surface area (Å²) >= 11 is 0. The molecule has 0 aromatic heterocycles. The van der Waals surface area contributed by atoms with Gasteiger partial charge in [-0.05, 0) is 25.5 Å². The summed E-state index contributed by atoms with van der Waals surface area (Å²) in [6.45, 7) is 2.01. The van der Waals surface area contributed by atoms with Crippen LogP contribution >= 0.6 is 0 Å². The number of hydrogen-bond acceptors (Lipinski definition) is 3. The van der Waals surface area contributed by atoms with Crippen molar-refractivity contribution < 1.29 is 14.4 Å². The van der Waals surface area contributed by atoms with Crippen LogP contribution in [0.15, 0.2) is 24.3 Å². The standard InChI is InChI=1S/C14H16N2O3/c1-9(17)10-3-2-4-12(7-10)16-14(19)11-5-6-15-13(18)8-11/h2-4,7,11H,5-6,8H2,1H3,(H,15,18)(H,16,19). The van der Waals surface area contributed by atoms with Crippen LogP contribution in [0.3, 0.4) is 0 Å². The molecule has 100 valence electrons. The lowest BCUT2D eigenvalue weighted by Gasteiger charge is -2.21. The van der Waals surface area contributed by atoms with Crippen LogP contribution < -0.4 is 10.6 Å². The minimum atomic E-state index is -0.297. The topological polar surface area (TPSA) is 75.3 Å². The second-order valence-corrected chi connectivity index (χ2v) is 4.67. The van der Waals surface area contributed by atoms with Crippen molar-refractivity contribution in [3.63, 3.8) is 0 Å². The Hall–Kier alpha value is -2.17. The molecule has 1 atom stereocenters. The van der Waals surface area contributed by atoms with Crippen LogP contribution in [0.2, 0.25) is 0 Å². The Labute approximate surface area is 111 Å². The van der Waals surface area contributed by atoms with Crippen molar-refractivity contribution in [3.8, 4) is 0 Å². The van der Waals surface area contributed by atoms with Crippen LogP contribution in [0.25, 0.3) is 0 Å². The normalized spacial score (nSPS) is 18.6. The fourth-order valence-corrected chi connectivity index (χ4v) is 2.07. The largest absolute Gasteiger partial charge is 0.356 e. The zero-order chi connectivity index (χ0) is 13.8. The van der Waals surface area contributed by atoms with E-state index in [1.807, 2.05) is 0 Å². The molecule has 1 aromatic rings. The van der Waals surface area contributed by atoms with Crippen LogP contribution in [0.5, 0.6) is 0 Å². The van der Waals surface area contributed by atoms with Crippen molar-refractivity contribution in [2.75, 3.05) is 11.9 Å². The van der Waals surface area contributed by atoms with Gasteiger partial charge < -0.3 is 10.6 Å². The minimum absolute atomic E-state index is 0.0480. The van der Waals surface area contributed by atoms with Crippen molar-refractivity contribution in [2.24, 2.45) is 5.92 Å². The van der Waals surface area contributed by atoms with Gasteiger partial charge in [-0.1, -0.05) is 12.1 Å². The summed E-state index contributed by atoms with van der Waals surface area (Å²) in [5.74, 6) is -0.609. The second-order valence-electron chi connectivity index (χ2n) is 4.67. The van der Waals surface area contributed by atoms with E-state index in [0.717, 1.165) is 0 Å². The molecule has 2 rings (SSSR count). The summed E-state index contributed by atoms with van der Waals surface area (Å²) in [5, 5.41) is 5.45. The first-order valence-electron chi connectivity index (χ1n) is 6.25. The van der Waals surface area contributed by atoms with Gasteiger partial charge in [0.15, 0.2) is 5.78 Å². The molecule has 0 aliphatic carbocycles. The maximum Gasteiger partial charge on any atom is 0.228 e. The minimum Gasteiger partial charge on any atom is -0.356 e. The zero-order valence-electron chi connectivity index (χ0n) is 10.7. The molecule has 1 aliphatic heterocycles. The highest BCUT2D eigenvalue weighted by Crippen LogP contribution is 2.17. The average Bonchev–Trinajstić information content (AvgIpc) is 2.39. The van der Waals surface area contributed by atoms with Crippen LogP contribution in [0.4, 0.5) is 5.69 Å². The van der Waals surface area contributed by atoms with E-state index in [9.17, 15) is 14.4 Å². The Morgan fingerprint density at radius 2 is 2.16 bits per heavy atom. The number of ketones is 1. The maximum atomic E-state index is 12.0. The Morgan fingerprint density at radius 1 is 1.37 bits per heavy atom. The SMILES string of the molecule is CC(=O)c1cccc(NC(=O)C2CCNC(=O)C2)c1. The van der Waals surface area contributed by atoms with Gasteiger partial charge in [0.2, 0.25) is 11.8 Å². The number of benzene rings is 1. The molecule has 5 heteroatoms. The molecule has 5 nitrogen and oxygen atoms in total. The summed E-state index contributed by atoms with van der Waals surface area (Å²) in [5.41, 5.74) is 1.14. The van der Waals surface area contributed by atoms with Gasteiger partial charge in [0, 0.05) is 30.1 Å². The number of carbonyl (C=O) groups excluding carboxylic acids is 3. The first-order valence-corrected chi connectivity index (χ1v) is 6.25. The van der Waals surface area contributed by atoms with Crippen molar-refractivity contribution in [1.29, 1.82) is 0 Å². The van der Waals surface area contributed by atoms with Gasteiger partial charge in [0.05, 0.1) is 0 Å². The van der Waals surface area contributed by atoms with Crippen LogP contribution in [-0.4, -0.2) is 24.1 Å². The van der Waals surface area contributed by atoms with Gasteiger partial charge in [0.1, 0.15) is 0 Å². The molecule has 1 aromatic carbocycles. The number of carbonyl (C=O) groups is 3. The predicted octanol–water partition coefficient (Wildman–Crippen LogP) is 1.35. The van der Waals surface area contributed by atoms with Gasteiger partial charge in [-0.3, -0.25) is 14.4 Å². The molecule has 1 aliphatic rings. The number of piperidine rings is 1. The molecule has 1 unspecified atom stereocenters. The lowest BCUT2D eigenvalue weighted by Crippen LogP contribution is -2.38. The van der Waals surface area contributed by atoms with E-state index < -0.39 is 0 Å². The summed E-state index contributed by atoms with van der Waals surface area (Å²) < 4.78 is 0. The number of rotatable bonds is 3. The van der Waals surface area contributed by atoms with Crippen LogP contribution in [0.1, 0.15) is 30.1 Å². The zero-order valence-corrected chi connectivity index (χ0v) is 10.7. The molecular formula is C14H16N2O3. The van der Waals surface area contributed by atoms with Gasteiger partial charge in [-0.25, -0.2) is 0 Å². The number of anilines is 1. The number of amides is 2. The van der Waals surface area contributed by atoms with Crippen molar-refractivity contribution in [3.05, 3.63) is 29.8 Å². The van der Waals surface area contributed by atoms with Crippen molar-refractivity contribution >= 4 is 23.3 Å². The van der Waals surface area contributed by atoms with E-state index in [2.05, 4.69) is 10.6 Å². The molecule has 19 heavy (non-hydrogen) atoms. The summed E-state index contributed by atoms with van der Waals surface area (Å²) in [4.78, 5) is 34.5. The molecule has 0 radical (unpaired) electrons. The third-order valence-electron chi connectivity index (χ3n) is 3.15. The first kappa shape index (κ1) is 13.3. The molecular weight excluding hydrogens is 244 g/mol. The quantitative estimate of drug-likeness (QED) is 0.806. The second kappa shape index (κ2) is 5.65. The number of nitrogens with one attached hydrogen (secondary N) is 2. The van der Waals surface area contributed by atoms with E-state index in [1.165, 1.54) is 6.92 Å². The highest BCUT2D eigenvalue weighted by atomic mass is 16.2. The van der Waals surface area contributed by atoms with Crippen molar-refractivity contribution in [2.45, 2.75) is 19.8 Å². The fourth-order valence-electron chi connectivity index (χ4n) is 2.07. The summed E-state index contributed by atoms with van der Waals surface area (Å²) in [6.07, 6.45) is 0.863. The fraction of sp³-hybridized carbons (Fsp3) is 0.357. The van der Waals surface area contributed by atoms with Crippen molar-refractivity contribution in [1.82, 2.24) is 5.32 Å². The number of hydrogen-bond donors (Lipinski definition) is 2.